The predicted octanol–water partition coefficient (Wildman–Crippen LogP) is 0.910. The summed E-state index contributed by atoms with van der Waals surface area (Å²) in [5.74, 6) is 4.90. The Labute approximate surface area is 85.3 Å². The third kappa shape index (κ3) is 2.28. The van der Waals surface area contributed by atoms with E-state index >= 15 is 0 Å². The quantitative estimate of drug-likeness (QED) is 0.616. The van der Waals surface area contributed by atoms with E-state index < -0.39 is 10.0 Å². The van der Waals surface area contributed by atoms with E-state index in [2.05, 4.69) is 15.9 Å². The van der Waals surface area contributed by atoms with E-state index in [0.29, 0.717) is 5.56 Å². The fourth-order valence-corrected chi connectivity index (χ4v) is 2.31. The van der Waals surface area contributed by atoms with Gasteiger partial charge in [0.05, 0.1) is 4.90 Å². The van der Waals surface area contributed by atoms with Gasteiger partial charge in [-0.3, -0.25) is 5.84 Å². The zero-order chi connectivity index (χ0) is 10.1. The first-order valence-corrected chi connectivity index (χ1v) is 5.73. The van der Waals surface area contributed by atoms with Crippen molar-refractivity contribution in [3.05, 3.63) is 28.2 Å². The van der Waals surface area contributed by atoms with E-state index in [1.807, 2.05) is 0 Å². The van der Waals surface area contributed by atoms with Gasteiger partial charge in [-0.25, -0.2) is 8.42 Å². The zero-order valence-electron chi connectivity index (χ0n) is 6.91. The number of nitrogens with one attached hydrogen (secondary N) is 1. The molecular formula is C7H9BrN2O2S. The highest BCUT2D eigenvalue weighted by Crippen LogP contribution is 2.19. The van der Waals surface area contributed by atoms with Gasteiger partial charge >= 0.3 is 0 Å². The summed E-state index contributed by atoms with van der Waals surface area (Å²) in [6.07, 6.45) is 0. The molecule has 0 bridgehead atoms. The first-order valence-electron chi connectivity index (χ1n) is 3.46. The van der Waals surface area contributed by atoms with Crippen LogP contribution in [-0.2, 0) is 10.0 Å². The summed E-state index contributed by atoms with van der Waals surface area (Å²) < 4.78 is 23.4. The SMILES string of the molecule is Cc1cc(Br)ccc1S(=O)(=O)NN. The summed E-state index contributed by atoms with van der Waals surface area (Å²) in [6.45, 7) is 1.70. The molecule has 0 spiro atoms. The fourth-order valence-electron chi connectivity index (χ4n) is 0.978. The minimum atomic E-state index is -3.54. The van der Waals surface area contributed by atoms with Crippen molar-refractivity contribution in [2.75, 3.05) is 0 Å². The molecule has 0 aromatic heterocycles. The fraction of sp³-hybridized carbons (Fsp3) is 0.143. The van der Waals surface area contributed by atoms with Crippen LogP contribution in [0.4, 0.5) is 0 Å². The summed E-state index contributed by atoms with van der Waals surface area (Å²) in [6, 6.07) is 4.86. The Morgan fingerprint density at radius 2 is 2.08 bits per heavy atom. The second kappa shape index (κ2) is 3.75. The van der Waals surface area contributed by atoms with Gasteiger partial charge in [-0.1, -0.05) is 15.9 Å². The minimum absolute atomic E-state index is 0.193. The van der Waals surface area contributed by atoms with Gasteiger partial charge in [-0.2, -0.15) is 4.83 Å². The van der Waals surface area contributed by atoms with Crippen molar-refractivity contribution in [1.29, 1.82) is 0 Å². The Bertz CT molecular complexity index is 417. The number of aryl methyl sites for hydroxylation is 1. The lowest BCUT2D eigenvalue weighted by Gasteiger charge is -2.05. The molecule has 6 heteroatoms. The Balaban J connectivity index is 3.33. The standard InChI is InChI=1S/C7H9BrN2O2S/c1-5-4-6(8)2-3-7(5)13(11,12)10-9/h2-4,10H,9H2,1H3. The molecule has 0 unspecified atom stereocenters. The van der Waals surface area contributed by atoms with Gasteiger partial charge in [0.2, 0.25) is 0 Å². The van der Waals surface area contributed by atoms with Crippen LogP contribution in [0.5, 0.6) is 0 Å². The van der Waals surface area contributed by atoms with Crippen LogP contribution in [0.2, 0.25) is 0 Å². The molecule has 0 heterocycles. The van der Waals surface area contributed by atoms with Crippen molar-refractivity contribution >= 4 is 26.0 Å². The minimum Gasteiger partial charge on any atom is -0.257 e. The molecule has 0 aliphatic carbocycles. The van der Waals surface area contributed by atoms with Crippen LogP contribution in [0.1, 0.15) is 5.56 Å². The lowest BCUT2D eigenvalue weighted by atomic mass is 10.2. The van der Waals surface area contributed by atoms with Crippen molar-refractivity contribution in [1.82, 2.24) is 4.83 Å². The summed E-state index contributed by atoms with van der Waals surface area (Å²) in [5.41, 5.74) is 0.646. The van der Waals surface area contributed by atoms with E-state index in [1.54, 1.807) is 23.9 Å². The Morgan fingerprint density at radius 1 is 1.46 bits per heavy atom. The topological polar surface area (TPSA) is 72.2 Å². The highest BCUT2D eigenvalue weighted by Gasteiger charge is 2.14. The number of rotatable bonds is 2. The van der Waals surface area contributed by atoms with E-state index in [9.17, 15) is 8.42 Å². The monoisotopic (exact) mass is 264 g/mol. The molecule has 0 aliphatic rings. The number of hydrogen-bond donors (Lipinski definition) is 2. The highest BCUT2D eigenvalue weighted by molar-refractivity contribution is 9.10. The summed E-state index contributed by atoms with van der Waals surface area (Å²) in [4.78, 5) is 1.97. The molecule has 0 saturated carbocycles. The van der Waals surface area contributed by atoms with Crippen LogP contribution in [0.25, 0.3) is 0 Å². The molecule has 0 saturated heterocycles. The number of sulfonamides is 1. The van der Waals surface area contributed by atoms with Crippen LogP contribution in [0.15, 0.2) is 27.6 Å². The van der Waals surface area contributed by atoms with Gasteiger partial charge in [0.15, 0.2) is 0 Å². The molecule has 0 radical (unpaired) electrons. The molecule has 3 N–H and O–H groups in total. The van der Waals surface area contributed by atoms with Crippen LogP contribution < -0.4 is 10.7 Å². The van der Waals surface area contributed by atoms with Crippen molar-refractivity contribution in [2.24, 2.45) is 5.84 Å². The van der Waals surface area contributed by atoms with Crippen molar-refractivity contribution in [3.63, 3.8) is 0 Å². The highest BCUT2D eigenvalue weighted by atomic mass is 79.9. The Hall–Kier alpha value is -0.430. The smallest absolute Gasteiger partial charge is 0.253 e. The summed E-state index contributed by atoms with van der Waals surface area (Å²) >= 11 is 3.24. The zero-order valence-corrected chi connectivity index (χ0v) is 9.31. The Morgan fingerprint density at radius 3 is 2.54 bits per heavy atom. The first-order chi connectivity index (χ1) is 5.97. The number of nitrogens with two attached hydrogens (primary N) is 1. The third-order valence-corrected chi connectivity index (χ3v) is 3.42. The van der Waals surface area contributed by atoms with Crippen molar-refractivity contribution in [2.45, 2.75) is 11.8 Å². The van der Waals surface area contributed by atoms with E-state index in [-0.39, 0.29) is 4.90 Å². The predicted molar refractivity (Wildman–Crippen MR) is 53.4 cm³/mol. The van der Waals surface area contributed by atoms with Crippen molar-refractivity contribution in [3.8, 4) is 0 Å². The van der Waals surface area contributed by atoms with Crippen molar-refractivity contribution < 1.29 is 8.42 Å². The maximum atomic E-state index is 11.3. The molecule has 0 amide bonds. The van der Waals surface area contributed by atoms with E-state index in [4.69, 9.17) is 5.84 Å². The number of hydrogen-bond acceptors (Lipinski definition) is 3. The lowest BCUT2D eigenvalue weighted by Crippen LogP contribution is -2.30. The average molecular weight is 265 g/mol. The molecule has 0 fully saturated rings. The average Bonchev–Trinajstić information content (AvgIpc) is 2.03. The van der Waals surface area contributed by atoms with Gasteiger partial charge in [-0.05, 0) is 30.7 Å². The van der Waals surface area contributed by atoms with E-state index in [1.165, 1.54) is 6.07 Å². The third-order valence-electron chi connectivity index (χ3n) is 1.58. The molecule has 1 aromatic rings. The normalized spacial score (nSPS) is 11.6. The molecule has 0 aliphatic heterocycles. The number of hydrazine groups is 1. The molecule has 13 heavy (non-hydrogen) atoms. The molecular weight excluding hydrogens is 256 g/mol. The number of halogens is 1. The first kappa shape index (κ1) is 10.6. The van der Waals surface area contributed by atoms with Gasteiger partial charge in [0.25, 0.3) is 10.0 Å². The largest absolute Gasteiger partial charge is 0.257 e. The van der Waals surface area contributed by atoms with Crippen LogP contribution in [0.3, 0.4) is 0 Å². The molecule has 1 rings (SSSR count). The van der Waals surface area contributed by atoms with E-state index in [0.717, 1.165) is 4.47 Å². The van der Waals surface area contributed by atoms with Gasteiger partial charge in [-0.15, -0.1) is 0 Å². The van der Waals surface area contributed by atoms with Crippen LogP contribution >= 0.6 is 15.9 Å². The summed E-state index contributed by atoms with van der Waals surface area (Å²) in [7, 11) is -3.54. The molecule has 4 nitrogen and oxygen atoms in total. The maximum Gasteiger partial charge on any atom is 0.253 e. The number of benzene rings is 1. The maximum absolute atomic E-state index is 11.3. The van der Waals surface area contributed by atoms with Gasteiger partial charge in [0.1, 0.15) is 0 Å². The summed E-state index contributed by atoms with van der Waals surface area (Å²) in [5, 5.41) is 0. The lowest BCUT2D eigenvalue weighted by molar-refractivity contribution is 0.583. The van der Waals surface area contributed by atoms with Crippen LogP contribution in [0, 0.1) is 6.92 Å². The second-order valence-electron chi connectivity index (χ2n) is 2.53. The van der Waals surface area contributed by atoms with Gasteiger partial charge < -0.3 is 0 Å². The second-order valence-corrected chi connectivity index (χ2v) is 5.13. The molecule has 72 valence electrons. The molecule has 0 atom stereocenters. The molecule has 1 aromatic carbocycles. The van der Waals surface area contributed by atoms with Crippen LogP contribution in [-0.4, -0.2) is 8.42 Å². The Kier molecular flexibility index (Phi) is 3.07. The van der Waals surface area contributed by atoms with Gasteiger partial charge in [0, 0.05) is 4.47 Å².